The Kier molecular flexibility index (Phi) is 40.3. The Hall–Kier alpha value is -2.11. The highest BCUT2D eigenvalue weighted by atomic mass is 16.7. The molecule has 1 heterocycles. The Morgan fingerprint density at radius 2 is 0.934 bits per heavy atom. The fourth-order valence-electron chi connectivity index (χ4n) is 7.39. The van der Waals surface area contributed by atoms with E-state index in [0.717, 1.165) is 38.5 Å². The lowest BCUT2D eigenvalue weighted by Gasteiger charge is -2.39. The molecule has 1 aliphatic rings. The number of aliphatic hydroxyl groups excluding tert-OH is 4. The van der Waals surface area contributed by atoms with Gasteiger partial charge in [-0.15, -0.1) is 0 Å². The van der Waals surface area contributed by atoms with E-state index in [1.165, 1.54) is 135 Å². The molecule has 6 unspecified atom stereocenters. The predicted octanol–water partition coefficient (Wildman–Crippen LogP) is 11.9. The molecule has 0 radical (unpaired) electrons. The molecule has 9 nitrogen and oxygen atoms in total. The quantitative estimate of drug-likeness (QED) is 0.0269. The van der Waals surface area contributed by atoms with Crippen LogP contribution in [0.25, 0.3) is 0 Å². The highest BCUT2D eigenvalue weighted by Crippen LogP contribution is 2.22. The Morgan fingerprint density at radius 3 is 1.36 bits per heavy atom. The fourth-order valence-corrected chi connectivity index (χ4v) is 7.39. The minimum Gasteiger partial charge on any atom is -0.457 e. The van der Waals surface area contributed by atoms with Crippen molar-refractivity contribution < 1.29 is 44.2 Å². The van der Waals surface area contributed by atoms with Gasteiger partial charge < -0.3 is 39.4 Å². The van der Waals surface area contributed by atoms with E-state index >= 15 is 0 Å². The van der Waals surface area contributed by atoms with Crippen molar-refractivity contribution in [3.8, 4) is 0 Å². The Labute approximate surface area is 373 Å². The minimum atomic E-state index is -1.55. The molecular formula is C52H92O9. The van der Waals surface area contributed by atoms with Gasteiger partial charge in [-0.1, -0.05) is 216 Å². The average molecular weight is 861 g/mol. The molecule has 0 bridgehead atoms. The number of allylic oxidation sites excluding steroid dienone is 9. The Balaban J connectivity index is 2.23. The van der Waals surface area contributed by atoms with Gasteiger partial charge in [0.25, 0.3) is 0 Å². The van der Waals surface area contributed by atoms with Crippen molar-refractivity contribution in [3.63, 3.8) is 0 Å². The predicted molar refractivity (Wildman–Crippen MR) is 251 cm³/mol. The number of unbranched alkanes of at least 4 members (excludes halogenated alkanes) is 22. The standard InChI is InChI=1S/C52H92O9/c1-3-5-7-9-11-13-15-17-19-20-21-22-23-24-25-26-28-30-32-34-36-38-40-42-58-44-46(45-59-52-51(57)50(56)49(55)47(43-53)61-52)60-48(54)41-39-37-35-33-31-29-27-18-16-14-12-10-8-6-4-2/h6,8,12,14,18,27,31,33,37,39,46-47,49-53,55-57H,3-5,7,9-11,13,15-17,19-26,28-30,32,34-36,38,40-45H2,1-2H3/b8-6-,14-12-,27-18-,33-31-,39-37-. The van der Waals surface area contributed by atoms with Crippen molar-refractivity contribution in [1.29, 1.82) is 0 Å². The minimum absolute atomic E-state index is 0.0868. The molecule has 354 valence electrons. The number of hydrogen-bond acceptors (Lipinski definition) is 9. The monoisotopic (exact) mass is 861 g/mol. The maximum absolute atomic E-state index is 12.7. The molecule has 6 atom stereocenters. The second kappa shape index (κ2) is 43.2. The van der Waals surface area contributed by atoms with Crippen LogP contribution in [0, 0.1) is 0 Å². The van der Waals surface area contributed by atoms with Crippen LogP contribution in [0.15, 0.2) is 60.8 Å². The third-order valence-corrected chi connectivity index (χ3v) is 11.2. The number of ether oxygens (including phenoxy) is 4. The second-order valence-electron chi connectivity index (χ2n) is 16.9. The topological polar surface area (TPSA) is 135 Å². The van der Waals surface area contributed by atoms with Gasteiger partial charge in [-0.2, -0.15) is 0 Å². The molecule has 0 spiro atoms. The molecule has 61 heavy (non-hydrogen) atoms. The third-order valence-electron chi connectivity index (χ3n) is 11.2. The summed E-state index contributed by atoms with van der Waals surface area (Å²) in [7, 11) is 0. The van der Waals surface area contributed by atoms with E-state index in [1.807, 2.05) is 6.08 Å². The summed E-state index contributed by atoms with van der Waals surface area (Å²) in [5, 5.41) is 40.2. The molecular weight excluding hydrogens is 769 g/mol. The average Bonchev–Trinajstić information content (AvgIpc) is 3.26. The van der Waals surface area contributed by atoms with Gasteiger partial charge in [-0.05, 0) is 38.5 Å². The van der Waals surface area contributed by atoms with Gasteiger partial charge >= 0.3 is 5.97 Å². The van der Waals surface area contributed by atoms with Crippen LogP contribution in [0.4, 0.5) is 0 Å². The Morgan fingerprint density at radius 1 is 0.525 bits per heavy atom. The van der Waals surface area contributed by atoms with Gasteiger partial charge in [-0.3, -0.25) is 4.79 Å². The van der Waals surface area contributed by atoms with Gasteiger partial charge in [0.2, 0.25) is 0 Å². The highest BCUT2D eigenvalue weighted by molar-refractivity contribution is 5.71. The molecule has 0 amide bonds. The summed E-state index contributed by atoms with van der Waals surface area (Å²) >= 11 is 0. The molecule has 0 aromatic rings. The van der Waals surface area contributed by atoms with Crippen LogP contribution in [0.1, 0.15) is 200 Å². The largest absolute Gasteiger partial charge is 0.457 e. The van der Waals surface area contributed by atoms with Crippen LogP contribution in [0.2, 0.25) is 0 Å². The van der Waals surface area contributed by atoms with E-state index in [1.54, 1.807) is 6.08 Å². The first kappa shape index (κ1) is 56.9. The maximum atomic E-state index is 12.7. The van der Waals surface area contributed by atoms with Gasteiger partial charge in [0.15, 0.2) is 6.29 Å². The number of hydrogen-bond donors (Lipinski definition) is 4. The number of esters is 1. The lowest BCUT2D eigenvalue weighted by atomic mass is 9.99. The van der Waals surface area contributed by atoms with Crippen LogP contribution >= 0.6 is 0 Å². The van der Waals surface area contributed by atoms with E-state index in [4.69, 9.17) is 18.9 Å². The van der Waals surface area contributed by atoms with E-state index in [-0.39, 0.29) is 19.6 Å². The van der Waals surface area contributed by atoms with Gasteiger partial charge in [-0.25, -0.2) is 0 Å². The molecule has 4 N–H and O–H groups in total. The van der Waals surface area contributed by atoms with Crippen molar-refractivity contribution in [2.24, 2.45) is 0 Å². The summed E-state index contributed by atoms with van der Waals surface area (Å²) < 4.78 is 22.7. The summed E-state index contributed by atoms with van der Waals surface area (Å²) in [6.07, 6.45) is 48.6. The number of carbonyl (C=O) groups is 1. The molecule has 9 heteroatoms. The van der Waals surface area contributed by atoms with Gasteiger partial charge in [0.05, 0.1) is 26.2 Å². The number of rotatable bonds is 42. The molecule has 1 rings (SSSR count). The normalized spacial score (nSPS) is 20.4. The van der Waals surface area contributed by atoms with Crippen LogP contribution in [-0.4, -0.2) is 89.6 Å². The highest BCUT2D eigenvalue weighted by Gasteiger charge is 2.44. The lowest BCUT2D eigenvalue weighted by molar-refractivity contribution is -0.305. The molecule has 0 aromatic heterocycles. The third kappa shape index (κ3) is 34.0. The van der Waals surface area contributed by atoms with Crippen molar-refractivity contribution in [1.82, 2.24) is 0 Å². The molecule has 1 saturated heterocycles. The fraction of sp³-hybridized carbons (Fsp3) is 0.788. The lowest BCUT2D eigenvalue weighted by Crippen LogP contribution is -2.59. The molecule has 0 aromatic carbocycles. The summed E-state index contributed by atoms with van der Waals surface area (Å²) in [5.41, 5.74) is 0. The zero-order chi connectivity index (χ0) is 44.3. The van der Waals surface area contributed by atoms with E-state index in [2.05, 4.69) is 62.5 Å². The van der Waals surface area contributed by atoms with Crippen LogP contribution < -0.4 is 0 Å². The van der Waals surface area contributed by atoms with Crippen molar-refractivity contribution in [2.75, 3.05) is 26.4 Å². The molecule has 0 saturated carbocycles. The van der Waals surface area contributed by atoms with E-state index < -0.39 is 49.4 Å². The zero-order valence-electron chi connectivity index (χ0n) is 38.9. The van der Waals surface area contributed by atoms with E-state index in [9.17, 15) is 25.2 Å². The number of aliphatic hydroxyl groups is 4. The zero-order valence-corrected chi connectivity index (χ0v) is 38.9. The molecule has 0 aliphatic carbocycles. The summed E-state index contributed by atoms with van der Waals surface area (Å²) in [4.78, 5) is 12.7. The molecule has 1 fully saturated rings. The van der Waals surface area contributed by atoms with Gasteiger partial charge in [0, 0.05) is 6.61 Å². The first-order valence-corrected chi connectivity index (χ1v) is 24.9. The van der Waals surface area contributed by atoms with Crippen molar-refractivity contribution in [3.05, 3.63) is 60.8 Å². The van der Waals surface area contributed by atoms with Crippen molar-refractivity contribution in [2.45, 2.75) is 237 Å². The second-order valence-corrected chi connectivity index (χ2v) is 16.9. The maximum Gasteiger partial charge on any atom is 0.310 e. The van der Waals surface area contributed by atoms with Crippen LogP contribution in [0.3, 0.4) is 0 Å². The first-order valence-electron chi connectivity index (χ1n) is 24.9. The Bertz CT molecular complexity index is 1120. The first-order chi connectivity index (χ1) is 29.9. The van der Waals surface area contributed by atoms with E-state index in [0.29, 0.717) is 13.0 Å². The summed E-state index contributed by atoms with van der Waals surface area (Å²) in [6, 6.07) is 0. The molecule has 1 aliphatic heterocycles. The van der Waals surface area contributed by atoms with Crippen LogP contribution in [-0.2, 0) is 23.7 Å². The van der Waals surface area contributed by atoms with Crippen LogP contribution in [0.5, 0.6) is 0 Å². The van der Waals surface area contributed by atoms with Gasteiger partial charge in [0.1, 0.15) is 30.5 Å². The number of carbonyl (C=O) groups excluding carboxylic acids is 1. The SMILES string of the molecule is CC/C=C\C/C=C\C/C=C\C/C=C\C/C=C\CC(=O)OC(COCCCCCCCCCCCCCCCCCCCCCCCCC)COC1OC(CO)C(O)C(O)C1O. The summed E-state index contributed by atoms with van der Waals surface area (Å²) in [5.74, 6) is -0.438. The summed E-state index contributed by atoms with van der Waals surface area (Å²) in [6.45, 7) is 4.34. The smallest absolute Gasteiger partial charge is 0.310 e. The van der Waals surface area contributed by atoms with Crippen molar-refractivity contribution >= 4 is 5.97 Å².